The van der Waals surface area contributed by atoms with Crippen LogP contribution < -0.4 is 4.90 Å². The van der Waals surface area contributed by atoms with Crippen LogP contribution in [0.4, 0.5) is 10.2 Å². The molecule has 0 aliphatic carbocycles. The zero-order valence-corrected chi connectivity index (χ0v) is 15.8. The Morgan fingerprint density at radius 2 is 1.69 bits per heavy atom. The molecule has 0 spiro atoms. The Morgan fingerprint density at radius 1 is 0.962 bits per heavy atom. The second kappa shape index (κ2) is 7.58. The minimum absolute atomic E-state index is 0.183. The van der Waals surface area contributed by atoms with Gasteiger partial charge in [0.1, 0.15) is 11.6 Å². The number of thioether (sulfide) groups is 1. The normalized spacial score (nSPS) is 14.6. The molecule has 4 heteroatoms. The van der Waals surface area contributed by atoms with Gasteiger partial charge < -0.3 is 9.47 Å². The van der Waals surface area contributed by atoms with E-state index in [1.807, 2.05) is 23.9 Å². The van der Waals surface area contributed by atoms with Crippen LogP contribution in [0.15, 0.2) is 60.8 Å². The van der Waals surface area contributed by atoms with Crippen LogP contribution in [0, 0.1) is 12.7 Å². The van der Waals surface area contributed by atoms with Gasteiger partial charge in [0.15, 0.2) is 0 Å². The molecule has 2 heterocycles. The van der Waals surface area contributed by atoms with Gasteiger partial charge in [-0.05, 0) is 54.3 Å². The molecule has 4 rings (SSSR count). The van der Waals surface area contributed by atoms with E-state index < -0.39 is 0 Å². The van der Waals surface area contributed by atoms with Crippen LogP contribution in [-0.4, -0.2) is 29.2 Å². The number of benzene rings is 2. The van der Waals surface area contributed by atoms with Crippen molar-refractivity contribution in [2.75, 3.05) is 29.5 Å². The molecule has 1 aromatic heterocycles. The number of hydrogen-bond acceptors (Lipinski definition) is 2. The highest BCUT2D eigenvalue weighted by atomic mass is 32.2. The Balaban J connectivity index is 1.72. The summed E-state index contributed by atoms with van der Waals surface area (Å²) in [6, 6.07) is 17.6. The van der Waals surface area contributed by atoms with Gasteiger partial charge in [0.05, 0.1) is 0 Å². The summed E-state index contributed by atoms with van der Waals surface area (Å²) in [7, 11) is 0. The standard InChI is InChI=1S/C22H23FN2S/c1-17-4-2-3-5-21(17)25-16-19(14-18-6-8-20(23)9-7-18)15-22(25)24-10-12-26-13-11-24/h2-9,15-16H,10-14H2,1H3. The van der Waals surface area contributed by atoms with E-state index in [1.54, 1.807) is 0 Å². The van der Waals surface area contributed by atoms with Crippen LogP contribution in [0.5, 0.6) is 0 Å². The van der Waals surface area contributed by atoms with Crippen molar-refractivity contribution in [1.82, 2.24) is 4.57 Å². The van der Waals surface area contributed by atoms with Crippen molar-refractivity contribution in [2.45, 2.75) is 13.3 Å². The molecule has 1 aliphatic rings. The number of hydrogen-bond donors (Lipinski definition) is 0. The topological polar surface area (TPSA) is 8.17 Å². The summed E-state index contributed by atoms with van der Waals surface area (Å²) >= 11 is 2.02. The number of halogens is 1. The first kappa shape index (κ1) is 17.2. The lowest BCUT2D eigenvalue weighted by molar-refractivity contribution is 0.627. The third kappa shape index (κ3) is 3.65. The fourth-order valence-electron chi connectivity index (χ4n) is 3.50. The van der Waals surface area contributed by atoms with Gasteiger partial charge in [0.25, 0.3) is 0 Å². The molecule has 3 aromatic rings. The number of nitrogens with zero attached hydrogens (tertiary/aromatic N) is 2. The van der Waals surface area contributed by atoms with E-state index in [0.717, 1.165) is 25.1 Å². The fraction of sp³-hybridized carbons (Fsp3) is 0.273. The highest BCUT2D eigenvalue weighted by molar-refractivity contribution is 7.99. The first-order valence-electron chi connectivity index (χ1n) is 9.05. The molecule has 26 heavy (non-hydrogen) atoms. The van der Waals surface area contributed by atoms with Crippen LogP contribution in [0.2, 0.25) is 0 Å². The zero-order valence-electron chi connectivity index (χ0n) is 15.0. The van der Waals surface area contributed by atoms with Crippen LogP contribution >= 0.6 is 11.8 Å². The predicted octanol–water partition coefficient (Wildman–Crippen LogP) is 5.07. The lowest BCUT2D eigenvalue weighted by atomic mass is 10.1. The first-order chi connectivity index (χ1) is 12.7. The lowest BCUT2D eigenvalue weighted by Gasteiger charge is -2.29. The maximum Gasteiger partial charge on any atom is 0.123 e. The Kier molecular flexibility index (Phi) is 5.02. The summed E-state index contributed by atoms with van der Waals surface area (Å²) in [5, 5.41) is 0. The molecule has 0 N–H and O–H groups in total. The molecule has 1 aliphatic heterocycles. The minimum atomic E-state index is -0.183. The molecule has 0 bridgehead atoms. The number of aryl methyl sites for hydroxylation is 1. The summed E-state index contributed by atoms with van der Waals surface area (Å²) < 4.78 is 15.5. The van der Waals surface area contributed by atoms with E-state index in [-0.39, 0.29) is 5.82 Å². The summed E-state index contributed by atoms with van der Waals surface area (Å²) in [4.78, 5) is 2.48. The maximum absolute atomic E-state index is 13.2. The van der Waals surface area contributed by atoms with Gasteiger partial charge in [-0.15, -0.1) is 0 Å². The van der Waals surface area contributed by atoms with Gasteiger partial charge in [0, 0.05) is 36.5 Å². The Labute approximate surface area is 158 Å². The molecule has 134 valence electrons. The van der Waals surface area contributed by atoms with Crippen molar-refractivity contribution in [3.05, 3.63) is 83.3 Å². The second-order valence-corrected chi connectivity index (χ2v) is 7.99. The molecule has 1 saturated heterocycles. The third-order valence-corrected chi connectivity index (χ3v) is 5.83. The zero-order chi connectivity index (χ0) is 17.9. The Bertz CT molecular complexity index is 879. The number of aromatic nitrogens is 1. The smallest absolute Gasteiger partial charge is 0.123 e. The maximum atomic E-state index is 13.2. The van der Waals surface area contributed by atoms with Crippen molar-refractivity contribution in [2.24, 2.45) is 0 Å². The van der Waals surface area contributed by atoms with Gasteiger partial charge >= 0.3 is 0 Å². The van der Waals surface area contributed by atoms with Gasteiger partial charge in [-0.3, -0.25) is 0 Å². The number of rotatable bonds is 4. The summed E-state index contributed by atoms with van der Waals surface area (Å²) in [6.45, 7) is 4.32. The molecule has 0 saturated carbocycles. The summed E-state index contributed by atoms with van der Waals surface area (Å²) in [5.74, 6) is 3.42. The molecular formula is C22H23FN2S. The van der Waals surface area contributed by atoms with Crippen molar-refractivity contribution in [3.8, 4) is 5.69 Å². The SMILES string of the molecule is Cc1ccccc1-n1cc(Cc2ccc(F)cc2)cc1N1CCSCC1. The van der Waals surface area contributed by atoms with Crippen molar-refractivity contribution in [1.29, 1.82) is 0 Å². The van der Waals surface area contributed by atoms with Crippen molar-refractivity contribution < 1.29 is 4.39 Å². The largest absolute Gasteiger partial charge is 0.356 e. The van der Waals surface area contributed by atoms with Crippen LogP contribution in [0.3, 0.4) is 0 Å². The quantitative estimate of drug-likeness (QED) is 0.637. The molecular weight excluding hydrogens is 343 g/mol. The monoisotopic (exact) mass is 366 g/mol. The van der Waals surface area contributed by atoms with Gasteiger partial charge in [-0.25, -0.2) is 4.39 Å². The van der Waals surface area contributed by atoms with E-state index in [9.17, 15) is 4.39 Å². The average Bonchev–Trinajstić information content (AvgIpc) is 3.08. The summed E-state index contributed by atoms with van der Waals surface area (Å²) in [6.07, 6.45) is 3.05. The van der Waals surface area contributed by atoms with Gasteiger partial charge in [-0.2, -0.15) is 11.8 Å². The van der Waals surface area contributed by atoms with Crippen LogP contribution in [-0.2, 0) is 6.42 Å². The fourth-order valence-corrected chi connectivity index (χ4v) is 4.41. The van der Waals surface area contributed by atoms with E-state index in [2.05, 4.69) is 52.9 Å². The minimum Gasteiger partial charge on any atom is -0.356 e. The lowest BCUT2D eigenvalue weighted by Crippen LogP contribution is -2.33. The van der Waals surface area contributed by atoms with Crippen molar-refractivity contribution >= 4 is 17.6 Å². The third-order valence-electron chi connectivity index (χ3n) is 4.89. The second-order valence-electron chi connectivity index (χ2n) is 6.77. The number of anilines is 1. The van der Waals surface area contributed by atoms with Crippen LogP contribution in [0.1, 0.15) is 16.7 Å². The first-order valence-corrected chi connectivity index (χ1v) is 10.2. The predicted molar refractivity (Wildman–Crippen MR) is 109 cm³/mol. The highest BCUT2D eigenvalue weighted by Crippen LogP contribution is 2.29. The summed E-state index contributed by atoms with van der Waals surface area (Å²) in [5.41, 5.74) is 4.89. The highest BCUT2D eigenvalue weighted by Gasteiger charge is 2.18. The molecule has 2 nitrogen and oxygen atoms in total. The number of para-hydroxylation sites is 1. The van der Waals surface area contributed by atoms with E-state index >= 15 is 0 Å². The molecule has 0 unspecified atom stereocenters. The Hall–Kier alpha value is -2.20. The molecule has 0 radical (unpaired) electrons. The molecule has 0 amide bonds. The molecule has 1 fully saturated rings. The van der Waals surface area contributed by atoms with E-state index in [1.165, 1.54) is 46.3 Å². The van der Waals surface area contributed by atoms with Gasteiger partial charge in [0.2, 0.25) is 0 Å². The van der Waals surface area contributed by atoms with Gasteiger partial charge in [-0.1, -0.05) is 30.3 Å². The average molecular weight is 367 g/mol. The van der Waals surface area contributed by atoms with Crippen molar-refractivity contribution in [3.63, 3.8) is 0 Å². The van der Waals surface area contributed by atoms with E-state index in [0.29, 0.717) is 0 Å². The van der Waals surface area contributed by atoms with Crippen LogP contribution in [0.25, 0.3) is 5.69 Å². The molecule has 0 atom stereocenters. The Morgan fingerprint density at radius 3 is 2.42 bits per heavy atom. The molecule has 2 aromatic carbocycles. The van der Waals surface area contributed by atoms with E-state index in [4.69, 9.17) is 0 Å².